The van der Waals surface area contributed by atoms with Crippen molar-refractivity contribution in [1.82, 2.24) is 5.32 Å². The van der Waals surface area contributed by atoms with Crippen molar-refractivity contribution in [2.24, 2.45) is 17.8 Å². The predicted octanol–water partition coefficient (Wildman–Crippen LogP) is 4.35. The fourth-order valence-corrected chi connectivity index (χ4v) is 2.55. The van der Waals surface area contributed by atoms with Crippen LogP contribution in [0.15, 0.2) is 28.7 Å². The van der Waals surface area contributed by atoms with Crippen LogP contribution in [0.2, 0.25) is 0 Å². The van der Waals surface area contributed by atoms with Crippen molar-refractivity contribution < 1.29 is 4.74 Å². The molecule has 0 unspecified atom stereocenters. The molecule has 3 heteroatoms. The molecule has 0 fully saturated rings. The van der Waals surface area contributed by atoms with Crippen LogP contribution in [-0.2, 0) is 0 Å². The number of nitrogens with one attached hydrogen (secondary N) is 1. The summed E-state index contributed by atoms with van der Waals surface area (Å²) in [6.45, 7) is 11.9. The smallest absolute Gasteiger partial charge is 0.119 e. The van der Waals surface area contributed by atoms with Crippen LogP contribution in [0.3, 0.4) is 0 Å². The Morgan fingerprint density at radius 1 is 1.05 bits per heavy atom. The van der Waals surface area contributed by atoms with Gasteiger partial charge in [-0.15, -0.1) is 0 Å². The summed E-state index contributed by atoms with van der Waals surface area (Å²) in [4.78, 5) is 0. The molecule has 1 aromatic carbocycles. The van der Waals surface area contributed by atoms with Crippen LogP contribution in [0.1, 0.15) is 27.7 Å². The average Bonchev–Trinajstić information content (AvgIpc) is 2.34. The lowest BCUT2D eigenvalue weighted by molar-refractivity contribution is 0.259. The van der Waals surface area contributed by atoms with Crippen molar-refractivity contribution in [3.05, 3.63) is 28.7 Å². The summed E-state index contributed by atoms with van der Waals surface area (Å²) in [6, 6.07) is 7.96. The number of benzene rings is 1. The molecule has 0 spiro atoms. The molecular weight excluding hydrogens is 302 g/mol. The zero-order valence-electron chi connectivity index (χ0n) is 12.4. The Hall–Kier alpha value is -0.540. The summed E-state index contributed by atoms with van der Waals surface area (Å²) in [7, 11) is 0. The quantitative estimate of drug-likeness (QED) is 0.717. The zero-order chi connectivity index (χ0) is 14.3. The van der Waals surface area contributed by atoms with E-state index in [0.29, 0.717) is 6.61 Å². The molecule has 0 radical (unpaired) electrons. The SMILES string of the molecule is CC(C)C(CNCCOc1ccc(Br)cc1)C(C)C. The van der Waals surface area contributed by atoms with E-state index in [-0.39, 0.29) is 0 Å². The standard InChI is InChI=1S/C16H26BrNO/c1-12(2)16(13(3)4)11-18-9-10-19-15-7-5-14(17)6-8-15/h5-8,12-13,16,18H,9-11H2,1-4H3. The Balaban J connectivity index is 2.18. The second-order valence-corrected chi connectivity index (χ2v) is 6.57. The van der Waals surface area contributed by atoms with Gasteiger partial charge in [0.1, 0.15) is 12.4 Å². The summed E-state index contributed by atoms with van der Waals surface area (Å²) in [5, 5.41) is 3.50. The van der Waals surface area contributed by atoms with Gasteiger partial charge in [0.05, 0.1) is 0 Å². The summed E-state index contributed by atoms with van der Waals surface area (Å²) in [5.41, 5.74) is 0. The van der Waals surface area contributed by atoms with Gasteiger partial charge in [0.2, 0.25) is 0 Å². The second kappa shape index (κ2) is 8.60. The van der Waals surface area contributed by atoms with Gasteiger partial charge in [0.25, 0.3) is 0 Å². The minimum atomic E-state index is 0.713. The Bertz CT molecular complexity index is 340. The van der Waals surface area contributed by atoms with E-state index >= 15 is 0 Å². The first kappa shape index (κ1) is 16.5. The van der Waals surface area contributed by atoms with Crippen LogP contribution in [-0.4, -0.2) is 19.7 Å². The van der Waals surface area contributed by atoms with Gasteiger partial charge < -0.3 is 10.1 Å². The van der Waals surface area contributed by atoms with Gasteiger partial charge in [0, 0.05) is 11.0 Å². The summed E-state index contributed by atoms with van der Waals surface area (Å²) < 4.78 is 6.76. The van der Waals surface area contributed by atoms with Crippen LogP contribution in [0.25, 0.3) is 0 Å². The van der Waals surface area contributed by atoms with Gasteiger partial charge in [-0.2, -0.15) is 0 Å². The lowest BCUT2D eigenvalue weighted by Crippen LogP contribution is -2.32. The third kappa shape index (κ3) is 6.44. The average molecular weight is 328 g/mol. The Morgan fingerprint density at radius 3 is 2.16 bits per heavy atom. The van der Waals surface area contributed by atoms with Gasteiger partial charge in [-0.3, -0.25) is 0 Å². The molecule has 0 heterocycles. The van der Waals surface area contributed by atoms with Crippen molar-refractivity contribution >= 4 is 15.9 Å². The fraction of sp³-hybridized carbons (Fsp3) is 0.625. The zero-order valence-corrected chi connectivity index (χ0v) is 14.0. The minimum Gasteiger partial charge on any atom is -0.492 e. The number of halogens is 1. The van der Waals surface area contributed by atoms with E-state index in [9.17, 15) is 0 Å². The van der Waals surface area contributed by atoms with E-state index in [1.54, 1.807) is 0 Å². The van der Waals surface area contributed by atoms with Crippen molar-refractivity contribution in [2.45, 2.75) is 27.7 Å². The molecule has 19 heavy (non-hydrogen) atoms. The third-order valence-corrected chi connectivity index (χ3v) is 3.98. The molecule has 0 amide bonds. The summed E-state index contributed by atoms with van der Waals surface area (Å²) in [5.74, 6) is 3.10. The van der Waals surface area contributed by atoms with Crippen molar-refractivity contribution in [3.63, 3.8) is 0 Å². The maximum atomic E-state index is 5.68. The van der Waals surface area contributed by atoms with Gasteiger partial charge in [-0.05, 0) is 48.6 Å². The molecular formula is C16H26BrNO. The van der Waals surface area contributed by atoms with Crippen LogP contribution >= 0.6 is 15.9 Å². The Morgan fingerprint density at radius 2 is 1.63 bits per heavy atom. The highest BCUT2D eigenvalue weighted by Gasteiger charge is 2.16. The fourth-order valence-electron chi connectivity index (χ4n) is 2.28. The molecule has 0 atom stereocenters. The van der Waals surface area contributed by atoms with E-state index in [0.717, 1.165) is 41.1 Å². The predicted molar refractivity (Wildman–Crippen MR) is 85.7 cm³/mol. The molecule has 0 bridgehead atoms. The highest BCUT2D eigenvalue weighted by Crippen LogP contribution is 2.19. The maximum absolute atomic E-state index is 5.68. The highest BCUT2D eigenvalue weighted by molar-refractivity contribution is 9.10. The monoisotopic (exact) mass is 327 g/mol. The lowest BCUT2D eigenvalue weighted by Gasteiger charge is -2.25. The van der Waals surface area contributed by atoms with E-state index in [1.807, 2.05) is 24.3 Å². The van der Waals surface area contributed by atoms with Gasteiger partial charge in [-0.1, -0.05) is 43.6 Å². The Kier molecular flexibility index (Phi) is 7.47. The molecule has 0 saturated heterocycles. The number of ether oxygens (including phenoxy) is 1. The first-order chi connectivity index (χ1) is 9.00. The molecule has 108 valence electrons. The van der Waals surface area contributed by atoms with Gasteiger partial charge >= 0.3 is 0 Å². The van der Waals surface area contributed by atoms with Crippen molar-refractivity contribution in [2.75, 3.05) is 19.7 Å². The molecule has 0 saturated carbocycles. The first-order valence-electron chi connectivity index (χ1n) is 7.09. The van der Waals surface area contributed by atoms with Crippen molar-refractivity contribution in [3.8, 4) is 5.75 Å². The summed E-state index contributed by atoms with van der Waals surface area (Å²) >= 11 is 3.41. The van der Waals surface area contributed by atoms with Gasteiger partial charge in [-0.25, -0.2) is 0 Å². The normalized spacial score (nSPS) is 11.6. The van der Waals surface area contributed by atoms with Crippen LogP contribution in [0.5, 0.6) is 5.75 Å². The van der Waals surface area contributed by atoms with Gasteiger partial charge in [0.15, 0.2) is 0 Å². The molecule has 0 aliphatic carbocycles. The Labute approximate surface area is 126 Å². The molecule has 1 rings (SSSR count). The minimum absolute atomic E-state index is 0.713. The maximum Gasteiger partial charge on any atom is 0.119 e. The largest absolute Gasteiger partial charge is 0.492 e. The molecule has 1 aromatic rings. The van der Waals surface area contributed by atoms with Crippen LogP contribution < -0.4 is 10.1 Å². The van der Waals surface area contributed by atoms with E-state index in [1.165, 1.54) is 0 Å². The number of hydrogen-bond donors (Lipinski definition) is 1. The third-order valence-electron chi connectivity index (χ3n) is 3.45. The lowest BCUT2D eigenvalue weighted by atomic mass is 9.85. The molecule has 0 aromatic heterocycles. The molecule has 1 N–H and O–H groups in total. The van der Waals surface area contributed by atoms with Crippen molar-refractivity contribution in [1.29, 1.82) is 0 Å². The first-order valence-corrected chi connectivity index (χ1v) is 7.89. The molecule has 2 nitrogen and oxygen atoms in total. The van der Waals surface area contributed by atoms with E-state index < -0.39 is 0 Å². The molecule has 0 aliphatic rings. The molecule has 0 aliphatic heterocycles. The number of rotatable bonds is 8. The van der Waals surface area contributed by atoms with Crippen LogP contribution in [0, 0.1) is 17.8 Å². The van der Waals surface area contributed by atoms with E-state index in [4.69, 9.17) is 4.74 Å². The highest BCUT2D eigenvalue weighted by atomic mass is 79.9. The van der Waals surface area contributed by atoms with E-state index in [2.05, 4.69) is 48.9 Å². The second-order valence-electron chi connectivity index (χ2n) is 5.66. The van der Waals surface area contributed by atoms with Crippen LogP contribution in [0.4, 0.5) is 0 Å². The number of hydrogen-bond acceptors (Lipinski definition) is 2. The summed E-state index contributed by atoms with van der Waals surface area (Å²) in [6.07, 6.45) is 0. The topological polar surface area (TPSA) is 21.3 Å².